The van der Waals surface area contributed by atoms with E-state index < -0.39 is 43.2 Å². The standard InChI is InChI=1S/C27H36ClNO7/c28-22-10-7-17(27-26(34)25(33)24(32)23(14-30)36-27)12-18(22)11-16-5-8-21(9-6-16)35-15-20(31)13-29-19-3-1-2-4-19/h5-10,12,19-20,23-27,29-34H,1-4,11,13-15H2/t20-,23-,24-,25+,26-,27+/m1/s1. The lowest BCUT2D eigenvalue weighted by molar-refractivity contribution is -0.231. The molecule has 1 heterocycles. The Morgan fingerprint density at radius 1 is 1.00 bits per heavy atom. The van der Waals surface area contributed by atoms with Gasteiger partial charge in [-0.15, -0.1) is 0 Å². The Morgan fingerprint density at radius 3 is 2.42 bits per heavy atom. The number of halogens is 1. The van der Waals surface area contributed by atoms with Gasteiger partial charge in [-0.2, -0.15) is 0 Å². The van der Waals surface area contributed by atoms with Crippen LogP contribution in [0, 0.1) is 0 Å². The molecule has 0 radical (unpaired) electrons. The topological polar surface area (TPSA) is 132 Å². The molecule has 6 atom stereocenters. The molecule has 1 aliphatic carbocycles. The van der Waals surface area contributed by atoms with Crippen molar-refractivity contribution >= 4 is 11.6 Å². The van der Waals surface area contributed by atoms with Gasteiger partial charge in [0, 0.05) is 17.6 Å². The molecular weight excluding hydrogens is 486 g/mol. The molecule has 8 nitrogen and oxygen atoms in total. The van der Waals surface area contributed by atoms with Crippen molar-refractivity contribution in [3.8, 4) is 5.75 Å². The van der Waals surface area contributed by atoms with Gasteiger partial charge in [0.15, 0.2) is 0 Å². The molecule has 4 rings (SSSR count). The summed E-state index contributed by atoms with van der Waals surface area (Å²) in [7, 11) is 0. The maximum absolute atomic E-state index is 10.4. The molecule has 0 unspecified atom stereocenters. The molecule has 1 saturated carbocycles. The largest absolute Gasteiger partial charge is 0.491 e. The summed E-state index contributed by atoms with van der Waals surface area (Å²) >= 11 is 6.43. The van der Waals surface area contributed by atoms with E-state index in [2.05, 4.69) is 5.32 Å². The molecule has 36 heavy (non-hydrogen) atoms. The number of aliphatic hydroxyl groups excluding tert-OH is 5. The van der Waals surface area contributed by atoms with Crippen LogP contribution in [-0.4, -0.2) is 81.9 Å². The Balaban J connectivity index is 1.34. The van der Waals surface area contributed by atoms with Crippen LogP contribution in [0.4, 0.5) is 0 Å². The van der Waals surface area contributed by atoms with Crippen molar-refractivity contribution in [1.29, 1.82) is 0 Å². The Labute approximate surface area is 216 Å². The highest BCUT2D eigenvalue weighted by molar-refractivity contribution is 6.31. The summed E-state index contributed by atoms with van der Waals surface area (Å²) in [5, 5.41) is 54.2. The highest BCUT2D eigenvalue weighted by atomic mass is 35.5. The van der Waals surface area contributed by atoms with E-state index in [1.165, 1.54) is 25.7 Å². The molecule has 6 N–H and O–H groups in total. The third-order valence-electron chi connectivity index (χ3n) is 7.05. The fourth-order valence-electron chi connectivity index (χ4n) is 4.89. The average molecular weight is 522 g/mol. The lowest BCUT2D eigenvalue weighted by Gasteiger charge is -2.40. The Kier molecular flexibility index (Phi) is 9.60. The van der Waals surface area contributed by atoms with Gasteiger partial charge < -0.3 is 40.3 Å². The van der Waals surface area contributed by atoms with Gasteiger partial charge in [0.25, 0.3) is 0 Å². The first-order chi connectivity index (χ1) is 17.4. The third kappa shape index (κ3) is 6.76. The molecule has 1 aliphatic heterocycles. The second-order valence-electron chi connectivity index (χ2n) is 9.78. The van der Waals surface area contributed by atoms with Crippen LogP contribution in [0.1, 0.15) is 48.5 Å². The van der Waals surface area contributed by atoms with Crippen LogP contribution in [0.3, 0.4) is 0 Å². The first kappa shape index (κ1) is 27.3. The van der Waals surface area contributed by atoms with E-state index in [0.29, 0.717) is 35.3 Å². The van der Waals surface area contributed by atoms with Crippen LogP contribution < -0.4 is 10.1 Å². The molecule has 1 saturated heterocycles. The SMILES string of the molecule is OC[C@H]1O[C@@H](c2ccc(Cl)c(Cc3ccc(OC[C@H](O)CNC4CCCC4)cc3)c2)[C@H](O)[C@@H](O)[C@@H]1O. The molecule has 0 amide bonds. The van der Waals surface area contributed by atoms with Gasteiger partial charge in [-0.1, -0.05) is 48.7 Å². The average Bonchev–Trinajstić information content (AvgIpc) is 3.41. The number of hydrogen-bond acceptors (Lipinski definition) is 8. The van der Waals surface area contributed by atoms with Crippen LogP contribution in [0.25, 0.3) is 0 Å². The van der Waals surface area contributed by atoms with Gasteiger partial charge in [0.05, 0.1) is 6.61 Å². The predicted octanol–water partition coefficient (Wildman–Crippen LogP) is 1.72. The highest BCUT2D eigenvalue weighted by Crippen LogP contribution is 2.34. The molecular formula is C27H36ClNO7. The van der Waals surface area contributed by atoms with Crippen molar-refractivity contribution < 1.29 is 35.0 Å². The number of aliphatic hydroxyl groups is 5. The summed E-state index contributed by atoms with van der Waals surface area (Å²) in [5.41, 5.74) is 2.37. The highest BCUT2D eigenvalue weighted by Gasteiger charge is 2.44. The monoisotopic (exact) mass is 521 g/mol. The second-order valence-corrected chi connectivity index (χ2v) is 10.2. The number of nitrogens with one attached hydrogen (secondary N) is 1. The van der Waals surface area contributed by atoms with E-state index in [0.717, 1.165) is 11.1 Å². The number of ether oxygens (including phenoxy) is 2. The number of rotatable bonds is 10. The minimum absolute atomic E-state index is 0.214. The smallest absolute Gasteiger partial charge is 0.119 e. The lowest BCUT2D eigenvalue weighted by atomic mass is 9.90. The fourth-order valence-corrected chi connectivity index (χ4v) is 5.08. The minimum atomic E-state index is -1.44. The molecule has 0 spiro atoms. The quantitative estimate of drug-likeness (QED) is 0.278. The molecule has 2 aliphatic rings. The van der Waals surface area contributed by atoms with Crippen molar-refractivity contribution in [1.82, 2.24) is 5.32 Å². The summed E-state index contributed by atoms with van der Waals surface area (Å²) in [6.45, 7) is 0.252. The minimum Gasteiger partial charge on any atom is -0.491 e. The second kappa shape index (κ2) is 12.7. The zero-order valence-electron chi connectivity index (χ0n) is 20.2. The summed E-state index contributed by atoms with van der Waals surface area (Å²) in [6, 6.07) is 13.3. The van der Waals surface area contributed by atoms with Gasteiger partial charge in [-0.3, -0.25) is 0 Å². The lowest BCUT2D eigenvalue weighted by Crippen LogP contribution is -2.55. The Bertz CT molecular complexity index is 967. The number of benzene rings is 2. The maximum Gasteiger partial charge on any atom is 0.119 e. The summed E-state index contributed by atoms with van der Waals surface area (Å²) < 4.78 is 11.4. The molecule has 198 valence electrons. The van der Waals surface area contributed by atoms with Crippen molar-refractivity contribution in [3.63, 3.8) is 0 Å². The molecule has 2 fully saturated rings. The molecule has 0 aromatic heterocycles. The van der Waals surface area contributed by atoms with E-state index in [9.17, 15) is 25.5 Å². The van der Waals surface area contributed by atoms with Crippen LogP contribution in [0.2, 0.25) is 5.02 Å². The fraction of sp³-hybridized carbons (Fsp3) is 0.556. The number of hydrogen-bond donors (Lipinski definition) is 6. The maximum atomic E-state index is 10.4. The van der Waals surface area contributed by atoms with E-state index in [-0.39, 0.29) is 6.61 Å². The van der Waals surface area contributed by atoms with Crippen molar-refractivity contribution in [2.75, 3.05) is 19.8 Å². The molecule has 9 heteroatoms. The normalized spacial score (nSPS) is 27.8. The molecule has 0 bridgehead atoms. The van der Waals surface area contributed by atoms with Crippen LogP contribution in [0.5, 0.6) is 5.75 Å². The summed E-state index contributed by atoms with van der Waals surface area (Å²) in [4.78, 5) is 0. The van der Waals surface area contributed by atoms with Crippen molar-refractivity contribution in [3.05, 3.63) is 64.2 Å². The first-order valence-corrected chi connectivity index (χ1v) is 13.0. The van der Waals surface area contributed by atoms with Gasteiger partial charge in [0.1, 0.15) is 49.0 Å². The van der Waals surface area contributed by atoms with Gasteiger partial charge in [0.2, 0.25) is 0 Å². The predicted molar refractivity (Wildman–Crippen MR) is 135 cm³/mol. The van der Waals surface area contributed by atoms with E-state index in [1.54, 1.807) is 18.2 Å². The van der Waals surface area contributed by atoms with Crippen LogP contribution >= 0.6 is 11.6 Å². The van der Waals surface area contributed by atoms with Gasteiger partial charge in [-0.25, -0.2) is 0 Å². The van der Waals surface area contributed by atoms with Crippen LogP contribution in [0.15, 0.2) is 42.5 Å². The summed E-state index contributed by atoms with van der Waals surface area (Å²) in [5.74, 6) is 0.667. The van der Waals surface area contributed by atoms with Gasteiger partial charge in [-0.05, 0) is 54.2 Å². The van der Waals surface area contributed by atoms with Crippen LogP contribution in [-0.2, 0) is 11.2 Å². The molecule has 2 aromatic rings. The van der Waals surface area contributed by atoms with Crippen molar-refractivity contribution in [2.24, 2.45) is 0 Å². The van der Waals surface area contributed by atoms with E-state index >= 15 is 0 Å². The van der Waals surface area contributed by atoms with Crippen molar-refractivity contribution in [2.45, 2.75) is 74.8 Å². The Hall–Kier alpha value is -1.75. The van der Waals surface area contributed by atoms with Gasteiger partial charge >= 0.3 is 0 Å². The summed E-state index contributed by atoms with van der Waals surface area (Å²) in [6.07, 6.45) is -1.30. The van der Waals surface area contributed by atoms with E-state index in [1.807, 2.05) is 24.3 Å². The third-order valence-corrected chi connectivity index (χ3v) is 7.42. The molecule has 2 aromatic carbocycles. The zero-order valence-corrected chi connectivity index (χ0v) is 20.9. The first-order valence-electron chi connectivity index (χ1n) is 12.6. The Morgan fingerprint density at radius 2 is 1.72 bits per heavy atom. The zero-order chi connectivity index (χ0) is 25.7. The van der Waals surface area contributed by atoms with E-state index in [4.69, 9.17) is 21.1 Å².